The maximum atomic E-state index is 13.2. The summed E-state index contributed by atoms with van der Waals surface area (Å²) in [5, 5.41) is 13.6. The van der Waals surface area contributed by atoms with Gasteiger partial charge in [0.1, 0.15) is 17.3 Å². The molecule has 4 N–H and O–H groups in total. The Labute approximate surface area is 239 Å². The number of para-hydroxylation sites is 1. The van der Waals surface area contributed by atoms with Gasteiger partial charge < -0.3 is 30.1 Å². The number of nitrogens with two attached hydrogens (primary N) is 1. The number of amides is 1. The maximum Gasteiger partial charge on any atom is 0.240 e. The van der Waals surface area contributed by atoms with Crippen LogP contribution in [-0.4, -0.2) is 45.4 Å². The first-order chi connectivity index (χ1) is 19.8. The molecular formula is C32H36N6O3. The Morgan fingerprint density at radius 2 is 1.76 bits per heavy atom. The first-order valence-electron chi connectivity index (χ1n) is 13.6. The van der Waals surface area contributed by atoms with Crippen LogP contribution in [0.4, 0.5) is 0 Å². The smallest absolute Gasteiger partial charge is 0.240 e. The molecule has 5 rings (SSSR count). The van der Waals surface area contributed by atoms with Crippen molar-refractivity contribution >= 4 is 16.8 Å². The molecule has 1 amide bonds. The van der Waals surface area contributed by atoms with Crippen LogP contribution in [0.15, 0.2) is 79.0 Å². The van der Waals surface area contributed by atoms with Gasteiger partial charge in [-0.05, 0) is 43.2 Å². The van der Waals surface area contributed by atoms with Crippen LogP contribution < -0.4 is 20.5 Å². The summed E-state index contributed by atoms with van der Waals surface area (Å²) in [4.78, 5) is 16.6. The lowest BCUT2D eigenvalue weighted by Crippen LogP contribution is -2.50. The molecular weight excluding hydrogens is 516 g/mol. The molecule has 0 bridgehead atoms. The highest BCUT2D eigenvalue weighted by molar-refractivity contribution is 5.86. The summed E-state index contributed by atoms with van der Waals surface area (Å²) in [6.45, 7) is 3.82. The van der Waals surface area contributed by atoms with Gasteiger partial charge in [-0.15, -0.1) is 10.2 Å². The summed E-state index contributed by atoms with van der Waals surface area (Å²) in [6, 6.07) is 23.5. The fourth-order valence-electron chi connectivity index (χ4n) is 4.91. The van der Waals surface area contributed by atoms with E-state index in [1.165, 1.54) is 0 Å². The molecule has 1 atom stereocenters. The zero-order valence-corrected chi connectivity index (χ0v) is 23.8. The van der Waals surface area contributed by atoms with Crippen molar-refractivity contribution in [1.29, 1.82) is 0 Å². The number of nitrogens with one attached hydrogen (secondary N) is 2. The van der Waals surface area contributed by atoms with E-state index in [-0.39, 0.29) is 5.91 Å². The van der Waals surface area contributed by atoms with E-state index in [0.717, 1.165) is 33.4 Å². The van der Waals surface area contributed by atoms with Crippen molar-refractivity contribution in [3.8, 4) is 11.5 Å². The second-order valence-corrected chi connectivity index (χ2v) is 10.7. The molecule has 0 aliphatic rings. The number of benzene rings is 3. The number of aromatic nitrogens is 4. The van der Waals surface area contributed by atoms with Gasteiger partial charge in [0, 0.05) is 41.6 Å². The number of rotatable bonds is 11. The van der Waals surface area contributed by atoms with E-state index in [4.69, 9.17) is 15.2 Å². The molecule has 0 aliphatic carbocycles. The fraction of sp³-hybridized carbons (Fsp3) is 0.281. The number of ether oxygens (including phenoxy) is 2. The number of hydrogen-bond donors (Lipinski definition) is 3. The van der Waals surface area contributed by atoms with Crippen molar-refractivity contribution in [3.63, 3.8) is 0 Å². The third kappa shape index (κ3) is 6.25. The minimum atomic E-state index is -1.07. The highest BCUT2D eigenvalue weighted by Gasteiger charge is 2.30. The Balaban J connectivity index is 1.60. The Hall–Kier alpha value is -4.63. The van der Waals surface area contributed by atoms with E-state index < -0.39 is 11.6 Å². The number of fused-ring (bicyclic) bond motifs is 1. The van der Waals surface area contributed by atoms with Crippen molar-refractivity contribution in [3.05, 3.63) is 107 Å². The van der Waals surface area contributed by atoms with E-state index in [2.05, 4.69) is 43.3 Å². The van der Waals surface area contributed by atoms with Crippen LogP contribution >= 0.6 is 0 Å². The second kappa shape index (κ2) is 11.9. The lowest BCUT2D eigenvalue weighted by atomic mass is 10.0. The summed E-state index contributed by atoms with van der Waals surface area (Å²) in [6.07, 6.45) is 3.05. The molecule has 5 aromatic rings. The van der Waals surface area contributed by atoms with E-state index in [1.54, 1.807) is 28.1 Å². The third-order valence-corrected chi connectivity index (χ3v) is 7.18. The fourth-order valence-corrected chi connectivity index (χ4v) is 4.91. The van der Waals surface area contributed by atoms with Crippen LogP contribution in [0, 0.1) is 0 Å². The molecule has 0 aliphatic heterocycles. The molecule has 0 spiro atoms. The van der Waals surface area contributed by atoms with Crippen LogP contribution in [0.1, 0.15) is 48.2 Å². The average molecular weight is 553 g/mol. The second-order valence-electron chi connectivity index (χ2n) is 10.7. The van der Waals surface area contributed by atoms with Gasteiger partial charge >= 0.3 is 0 Å². The molecule has 41 heavy (non-hydrogen) atoms. The lowest BCUT2D eigenvalue weighted by molar-refractivity contribution is -0.126. The van der Waals surface area contributed by atoms with Crippen LogP contribution in [-0.2, 0) is 24.2 Å². The van der Waals surface area contributed by atoms with Crippen LogP contribution in [0.25, 0.3) is 10.9 Å². The third-order valence-electron chi connectivity index (χ3n) is 7.18. The van der Waals surface area contributed by atoms with Gasteiger partial charge in [-0.2, -0.15) is 0 Å². The Bertz CT molecular complexity index is 1630. The molecule has 2 aromatic heterocycles. The van der Waals surface area contributed by atoms with Crippen LogP contribution in [0.2, 0.25) is 0 Å². The van der Waals surface area contributed by atoms with Crippen molar-refractivity contribution in [2.75, 3.05) is 14.2 Å². The van der Waals surface area contributed by atoms with Crippen LogP contribution in [0.5, 0.6) is 11.5 Å². The summed E-state index contributed by atoms with van der Waals surface area (Å²) >= 11 is 0. The van der Waals surface area contributed by atoms with E-state index in [9.17, 15) is 4.79 Å². The summed E-state index contributed by atoms with van der Waals surface area (Å²) in [5.41, 5.74) is 9.26. The normalized spacial score (nSPS) is 12.3. The van der Waals surface area contributed by atoms with Crippen LogP contribution in [0.3, 0.4) is 0 Å². The highest BCUT2D eigenvalue weighted by atomic mass is 16.5. The zero-order valence-electron chi connectivity index (χ0n) is 23.8. The van der Waals surface area contributed by atoms with E-state index in [1.807, 2.05) is 60.8 Å². The molecule has 212 valence electrons. The van der Waals surface area contributed by atoms with Gasteiger partial charge in [-0.1, -0.05) is 48.5 Å². The van der Waals surface area contributed by atoms with Gasteiger partial charge in [0.15, 0.2) is 5.82 Å². The van der Waals surface area contributed by atoms with Crippen molar-refractivity contribution in [1.82, 2.24) is 25.1 Å². The Kier molecular flexibility index (Phi) is 8.07. The standard InChI is InChI=1S/C32H36N6O3/c1-32(2,33)31(39)35-27(17-23-19-34-26-13-9-8-12-25(23)26)30-37-36-29(16-21-10-6-5-7-11-21)38(30)20-22-14-15-24(40-3)18-28(22)41-4/h5-15,18-19,27,34H,16-17,20,33H2,1-4H3,(H,35,39)/t27-/m0/s1. The highest BCUT2D eigenvalue weighted by Crippen LogP contribution is 2.29. The molecule has 0 saturated carbocycles. The summed E-state index contributed by atoms with van der Waals surface area (Å²) in [7, 11) is 3.26. The molecule has 0 radical (unpaired) electrons. The topological polar surface area (TPSA) is 120 Å². The predicted molar refractivity (Wildman–Crippen MR) is 159 cm³/mol. The quantitative estimate of drug-likeness (QED) is 0.221. The first-order valence-corrected chi connectivity index (χ1v) is 13.6. The van der Waals surface area contributed by atoms with Gasteiger partial charge in [0.05, 0.1) is 32.3 Å². The monoisotopic (exact) mass is 552 g/mol. The molecule has 0 saturated heterocycles. The van der Waals surface area contributed by atoms with Crippen molar-refractivity contribution in [2.24, 2.45) is 5.73 Å². The number of nitrogens with zero attached hydrogens (tertiary/aromatic N) is 3. The SMILES string of the molecule is COc1ccc(Cn2c(Cc3ccccc3)nnc2[C@H](Cc2c[nH]c3ccccc23)NC(=O)C(C)(C)N)c(OC)c1. The van der Waals surface area contributed by atoms with Gasteiger partial charge in [0.2, 0.25) is 5.91 Å². The van der Waals surface area contributed by atoms with E-state index in [0.29, 0.717) is 36.7 Å². The molecule has 9 heteroatoms. The summed E-state index contributed by atoms with van der Waals surface area (Å²) in [5.74, 6) is 2.53. The number of carbonyl (C=O) groups is 1. The molecule has 3 aromatic carbocycles. The minimum absolute atomic E-state index is 0.275. The number of hydrogen-bond acceptors (Lipinski definition) is 6. The van der Waals surface area contributed by atoms with E-state index >= 15 is 0 Å². The number of methoxy groups -OCH3 is 2. The molecule has 0 fully saturated rings. The Morgan fingerprint density at radius 3 is 2.49 bits per heavy atom. The zero-order chi connectivity index (χ0) is 29.0. The van der Waals surface area contributed by atoms with Crippen molar-refractivity contribution in [2.45, 2.75) is 44.8 Å². The first kappa shape index (κ1) is 27.9. The largest absolute Gasteiger partial charge is 0.497 e. The average Bonchev–Trinajstić information content (AvgIpc) is 3.56. The number of carbonyl (C=O) groups excluding carboxylic acids is 1. The van der Waals surface area contributed by atoms with Gasteiger partial charge in [-0.25, -0.2) is 0 Å². The van der Waals surface area contributed by atoms with Crippen molar-refractivity contribution < 1.29 is 14.3 Å². The summed E-state index contributed by atoms with van der Waals surface area (Å²) < 4.78 is 13.2. The van der Waals surface area contributed by atoms with Gasteiger partial charge in [-0.3, -0.25) is 4.79 Å². The molecule has 9 nitrogen and oxygen atoms in total. The molecule has 0 unspecified atom stereocenters. The van der Waals surface area contributed by atoms with Gasteiger partial charge in [0.25, 0.3) is 0 Å². The Morgan fingerprint density at radius 1 is 1.00 bits per heavy atom. The number of H-pyrrole nitrogens is 1. The maximum absolute atomic E-state index is 13.2. The number of aromatic amines is 1. The lowest BCUT2D eigenvalue weighted by Gasteiger charge is -2.25. The molecule has 2 heterocycles. The minimum Gasteiger partial charge on any atom is -0.497 e. The predicted octanol–water partition coefficient (Wildman–Crippen LogP) is 4.55.